The van der Waals surface area contributed by atoms with Gasteiger partial charge in [-0.3, -0.25) is 4.98 Å². The number of nitrogens with zero attached hydrogens (tertiary/aromatic N) is 3. The molecule has 0 aliphatic carbocycles. The van der Waals surface area contributed by atoms with Crippen molar-refractivity contribution in [1.29, 1.82) is 0 Å². The molecule has 6 nitrogen and oxygen atoms in total. The highest BCUT2D eigenvalue weighted by Gasteiger charge is 2.37. The SMILES string of the molecule is CO[C@@H]1C[C@H](c2ccccc2OC(F)F)n2c1nc1cc(F)c(-c3ccc(C4CCOCC4)nc3)cc12. The molecule has 1 saturated heterocycles. The molecule has 2 aromatic carbocycles. The number of aromatic nitrogens is 3. The molecular weight excluding hydrogens is 483 g/mol. The summed E-state index contributed by atoms with van der Waals surface area (Å²) in [5, 5.41) is 0. The molecule has 0 bridgehead atoms. The Labute approximate surface area is 212 Å². The highest BCUT2D eigenvalue weighted by molar-refractivity contribution is 5.83. The number of alkyl halides is 2. The van der Waals surface area contributed by atoms with Crippen LogP contribution in [0.3, 0.4) is 0 Å². The number of hydrogen-bond donors (Lipinski definition) is 0. The van der Waals surface area contributed by atoms with Crippen LogP contribution in [-0.4, -0.2) is 41.5 Å². The van der Waals surface area contributed by atoms with Crippen LogP contribution in [0.25, 0.3) is 22.2 Å². The first-order valence-corrected chi connectivity index (χ1v) is 12.4. The van der Waals surface area contributed by atoms with Gasteiger partial charge in [-0.2, -0.15) is 8.78 Å². The number of rotatable bonds is 6. The second-order valence-electron chi connectivity index (χ2n) is 9.41. The molecule has 0 saturated carbocycles. The summed E-state index contributed by atoms with van der Waals surface area (Å²) in [6.07, 6.45) is 3.68. The second kappa shape index (κ2) is 9.79. The molecule has 2 aliphatic heterocycles. The maximum absolute atomic E-state index is 15.3. The van der Waals surface area contributed by atoms with E-state index in [0.29, 0.717) is 45.9 Å². The molecule has 37 heavy (non-hydrogen) atoms. The van der Waals surface area contributed by atoms with E-state index in [1.807, 2.05) is 16.7 Å². The fraction of sp³-hybridized carbons (Fsp3) is 0.357. The summed E-state index contributed by atoms with van der Waals surface area (Å²) in [7, 11) is 1.58. The maximum Gasteiger partial charge on any atom is 0.387 e. The molecule has 0 amide bonds. The Bertz CT molecular complexity index is 1420. The van der Waals surface area contributed by atoms with Crippen LogP contribution in [0, 0.1) is 5.82 Å². The van der Waals surface area contributed by atoms with Gasteiger partial charge in [0.2, 0.25) is 0 Å². The quantitative estimate of drug-likeness (QED) is 0.301. The highest BCUT2D eigenvalue weighted by atomic mass is 19.3. The van der Waals surface area contributed by atoms with Crippen molar-refractivity contribution >= 4 is 11.0 Å². The zero-order chi connectivity index (χ0) is 25.5. The Morgan fingerprint density at radius 2 is 1.89 bits per heavy atom. The number of methoxy groups -OCH3 is 1. The Morgan fingerprint density at radius 3 is 2.62 bits per heavy atom. The number of imidazole rings is 1. The van der Waals surface area contributed by atoms with Gasteiger partial charge in [-0.25, -0.2) is 9.37 Å². The van der Waals surface area contributed by atoms with E-state index in [2.05, 4.69) is 9.97 Å². The highest BCUT2D eigenvalue weighted by Crippen LogP contribution is 2.46. The Kier molecular flexibility index (Phi) is 6.34. The molecule has 9 heteroatoms. The molecule has 0 radical (unpaired) electrons. The minimum Gasteiger partial charge on any atom is -0.434 e. The van der Waals surface area contributed by atoms with Gasteiger partial charge in [0, 0.05) is 67.3 Å². The van der Waals surface area contributed by atoms with E-state index in [4.69, 9.17) is 14.2 Å². The smallest absolute Gasteiger partial charge is 0.387 e. The third-order valence-electron chi connectivity index (χ3n) is 7.36. The lowest BCUT2D eigenvalue weighted by atomic mass is 9.95. The molecule has 4 aromatic rings. The van der Waals surface area contributed by atoms with Crippen molar-refractivity contribution < 1.29 is 27.4 Å². The topological polar surface area (TPSA) is 58.4 Å². The average Bonchev–Trinajstić information content (AvgIpc) is 3.45. The monoisotopic (exact) mass is 509 g/mol. The van der Waals surface area contributed by atoms with E-state index < -0.39 is 12.4 Å². The van der Waals surface area contributed by atoms with Gasteiger partial charge in [0.15, 0.2) is 0 Å². The third kappa shape index (κ3) is 4.36. The van der Waals surface area contributed by atoms with E-state index in [0.717, 1.165) is 31.7 Å². The predicted octanol–water partition coefficient (Wildman–Crippen LogP) is 6.41. The Balaban J connectivity index is 1.43. The van der Waals surface area contributed by atoms with Crippen LogP contribution in [0.15, 0.2) is 54.7 Å². The van der Waals surface area contributed by atoms with E-state index >= 15 is 4.39 Å². The lowest BCUT2D eigenvalue weighted by molar-refractivity contribution is -0.0507. The number of benzene rings is 2. The van der Waals surface area contributed by atoms with Gasteiger partial charge in [-0.05, 0) is 31.0 Å². The molecule has 2 atom stereocenters. The van der Waals surface area contributed by atoms with E-state index in [1.54, 1.807) is 37.6 Å². The summed E-state index contributed by atoms with van der Waals surface area (Å²) in [6, 6.07) is 13.4. The fourth-order valence-electron chi connectivity index (χ4n) is 5.55. The Morgan fingerprint density at radius 1 is 1.08 bits per heavy atom. The second-order valence-corrected chi connectivity index (χ2v) is 9.41. The summed E-state index contributed by atoms with van der Waals surface area (Å²) in [5.74, 6) is 0.661. The molecule has 1 fully saturated rings. The van der Waals surface area contributed by atoms with Gasteiger partial charge in [0.05, 0.1) is 17.1 Å². The predicted molar refractivity (Wildman–Crippen MR) is 131 cm³/mol. The lowest BCUT2D eigenvalue weighted by Gasteiger charge is -2.21. The van der Waals surface area contributed by atoms with Gasteiger partial charge < -0.3 is 18.8 Å². The number of para-hydroxylation sites is 1. The number of ether oxygens (including phenoxy) is 3. The molecule has 4 heterocycles. The van der Waals surface area contributed by atoms with Gasteiger partial charge in [0.1, 0.15) is 23.5 Å². The number of halogens is 3. The van der Waals surface area contributed by atoms with Crippen LogP contribution in [0.1, 0.15) is 54.4 Å². The summed E-state index contributed by atoms with van der Waals surface area (Å²) < 4.78 is 59.4. The fourth-order valence-corrected chi connectivity index (χ4v) is 5.55. The standard InChI is InChI=1S/C28H26F3N3O3/c1-35-26-14-23(18-4-2-3-5-25(18)37-28(30)31)34-24-12-19(20(29)13-22(24)33-27(26)34)17-6-7-21(32-15-17)16-8-10-36-11-9-16/h2-7,12-13,15-16,23,26,28H,8-11,14H2,1H3/t23-,26-/m1/s1. The van der Waals surface area contributed by atoms with E-state index in [1.165, 1.54) is 12.1 Å². The summed E-state index contributed by atoms with van der Waals surface area (Å²) in [6.45, 7) is -1.50. The zero-order valence-corrected chi connectivity index (χ0v) is 20.2. The van der Waals surface area contributed by atoms with Crippen molar-refractivity contribution in [2.45, 2.75) is 43.9 Å². The van der Waals surface area contributed by atoms with Gasteiger partial charge in [0.25, 0.3) is 0 Å². The van der Waals surface area contributed by atoms with Crippen molar-refractivity contribution in [3.63, 3.8) is 0 Å². The molecule has 2 aliphatic rings. The lowest BCUT2D eigenvalue weighted by Crippen LogP contribution is -2.14. The molecule has 0 unspecified atom stereocenters. The first kappa shape index (κ1) is 23.9. The normalized spacial score (nSPS) is 20.0. The van der Waals surface area contributed by atoms with Gasteiger partial charge in [-0.1, -0.05) is 24.3 Å². The third-order valence-corrected chi connectivity index (χ3v) is 7.36. The maximum atomic E-state index is 15.3. The van der Waals surface area contributed by atoms with E-state index in [-0.39, 0.29) is 17.9 Å². The molecule has 192 valence electrons. The Hall–Kier alpha value is -3.43. The zero-order valence-electron chi connectivity index (χ0n) is 20.2. The van der Waals surface area contributed by atoms with Crippen molar-refractivity contribution in [3.8, 4) is 16.9 Å². The first-order valence-electron chi connectivity index (χ1n) is 12.4. The average molecular weight is 510 g/mol. The van der Waals surface area contributed by atoms with Crippen molar-refractivity contribution in [2.75, 3.05) is 20.3 Å². The largest absolute Gasteiger partial charge is 0.434 e. The van der Waals surface area contributed by atoms with Crippen molar-refractivity contribution in [3.05, 3.63) is 77.6 Å². The molecule has 2 aromatic heterocycles. The summed E-state index contributed by atoms with van der Waals surface area (Å²) >= 11 is 0. The molecule has 0 spiro atoms. The molecular formula is C28H26F3N3O3. The first-order chi connectivity index (χ1) is 18.0. The molecule has 6 rings (SSSR count). The van der Waals surface area contributed by atoms with Crippen molar-refractivity contribution in [1.82, 2.24) is 14.5 Å². The molecule has 0 N–H and O–H groups in total. The number of pyridine rings is 1. The van der Waals surface area contributed by atoms with Gasteiger partial charge >= 0.3 is 6.61 Å². The summed E-state index contributed by atoms with van der Waals surface area (Å²) in [4.78, 5) is 9.30. The van der Waals surface area contributed by atoms with E-state index in [9.17, 15) is 8.78 Å². The number of hydrogen-bond acceptors (Lipinski definition) is 5. The van der Waals surface area contributed by atoms with Crippen LogP contribution in [0.4, 0.5) is 13.2 Å². The van der Waals surface area contributed by atoms with Crippen LogP contribution in [0.2, 0.25) is 0 Å². The van der Waals surface area contributed by atoms with Gasteiger partial charge in [-0.15, -0.1) is 0 Å². The van der Waals surface area contributed by atoms with Crippen LogP contribution in [0.5, 0.6) is 5.75 Å². The minimum atomic E-state index is -2.95. The van der Waals surface area contributed by atoms with Crippen LogP contribution < -0.4 is 4.74 Å². The van der Waals surface area contributed by atoms with Crippen molar-refractivity contribution in [2.24, 2.45) is 0 Å². The summed E-state index contributed by atoms with van der Waals surface area (Å²) in [5.41, 5.74) is 3.80. The number of fused-ring (bicyclic) bond motifs is 3. The van der Waals surface area contributed by atoms with Crippen LogP contribution in [-0.2, 0) is 9.47 Å². The minimum absolute atomic E-state index is 0.0993. The van der Waals surface area contributed by atoms with Crippen LogP contribution >= 0.6 is 0 Å².